The summed E-state index contributed by atoms with van der Waals surface area (Å²) in [5.74, 6) is 0.880. The summed E-state index contributed by atoms with van der Waals surface area (Å²) in [4.78, 5) is 10.4. The summed E-state index contributed by atoms with van der Waals surface area (Å²) in [5, 5.41) is 11.0. The number of phenolic OH excluding ortho intramolecular Hbond substituents is 1. The predicted molar refractivity (Wildman–Crippen MR) is 200 cm³/mol. The fourth-order valence-electron chi connectivity index (χ4n) is 7.67. The Hall–Kier alpha value is -6.26. The van der Waals surface area contributed by atoms with Crippen LogP contribution in [0.4, 0.5) is 0 Å². The zero-order chi connectivity index (χ0) is 33.1. The number of imidazole rings is 1. The lowest BCUT2D eigenvalue weighted by atomic mass is 9.80. The number of fused-ring (bicyclic) bond motifs is 4. The second kappa shape index (κ2) is 11.2. The first-order valence-electron chi connectivity index (χ1n) is 16.6. The van der Waals surface area contributed by atoms with Gasteiger partial charge in [0.1, 0.15) is 11.6 Å². The molecule has 0 aliphatic heterocycles. The molecule has 234 valence electrons. The first-order valence-corrected chi connectivity index (χ1v) is 16.6. The molecule has 49 heavy (non-hydrogen) atoms. The van der Waals surface area contributed by atoms with Gasteiger partial charge in [-0.15, -0.1) is 0 Å². The molecule has 0 radical (unpaired) electrons. The summed E-state index contributed by atoms with van der Waals surface area (Å²) in [6.45, 7) is 4.62. The number of hydrogen-bond acceptors (Lipinski definition) is 3. The highest BCUT2D eigenvalue weighted by Gasteiger charge is 2.38. The van der Waals surface area contributed by atoms with Crippen molar-refractivity contribution in [2.75, 3.05) is 0 Å². The maximum atomic E-state index is 11.0. The van der Waals surface area contributed by atoms with E-state index in [4.69, 9.17) is 9.97 Å². The van der Waals surface area contributed by atoms with Crippen molar-refractivity contribution in [1.29, 1.82) is 0 Å². The highest BCUT2D eigenvalue weighted by molar-refractivity contribution is 5.98. The average molecular weight is 632 g/mol. The van der Waals surface area contributed by atoms with Crippen LogP contribution in [0, 0.1) is 0 Å². The highest BCUT2D eigenvalue weighted by atomic mass is 16.3. The SMILES string of the molecule is CC1(C)c2ccccc2-c2ccnc(-c3cc(-c4ccccc4)cc(-c4cccc5c4nc(-c4ccccc4O)n5-c4ccccc4)c3)c21. The van der Waals surface area contributed by atoms with Crippen molar-refractivity contribution in [1.82, 2.24) is 14.5 Å². The van der Waals surface area contributed by atoms with Crippen molar-refractivity contribution < 1.29 is 5.11 Å². The Morgan fingerprint density at radius 2 is 1.20 bits per heavy atom. The van der Waals surface area contributed by atoms with Crippen molar-refractivity contribution in [3.63, 3.8) is 0 Å². The van der Waals surface area contributed by atoms with E-state index in [0.29, 0.717) is 11.4 Å². The number of para-hydroxylation sites is 3. The molecular formula is C45H33N3O. The molecule has 2 aromatic heterocycles. The molecule has 1 aliphatic carbocycles. The highest BCUT2D eigenvalue weighted by Crippen LogP contribution is 2.52. The fraction of sp³-hybridized carbons (Fsp3) is 0.0667. The van der Waals surface area contributed by atoms with Gasteiger partial charge in [-0.3, -0.25) is 9.55 Å². The van der Waals surface area contributed by atoms with Crippen molar-refractivity contribution >= 4 is 11.0 Å². The zero-order valence-corrected chi connectivity index (χ0v) is 27.3. The Bertz CT molecular complexity index is 2530. The van der Waals surface area contributed by atoms with Gasteiger partial charge < -0.3 is 5.11 Å². The van der Waals surface area contributed by atoms with Crippen LogP contribution in [0.3, 0.4) is 0 Å². The normalized spacial score (nSPS) is 12.9. The van der Waals surface area contributed by atoms with Gasteiger partial charge in [-0.05, 0) is 93.5 Å². The molecule has 4 nitrogen and oxygen atoms in total. The van der Waals surface area contributed by atoms with Crippen LogP contribution < -0.4 is 0 Å². The third-order valence-electron chi connectivity index (χ3n) is 9.94. The van der Waals surface area contributed by atoms with Gasteiger partial charge in [0.2, 0.25) is 0 Å². The van der Waals surface area contributed by atoms with Crippen molar-refractivity contribution in [3.8, 4) is 67.5 Å². The van der Waals surface area contributed by atoms with Crippen LogP contribution in [0.2, 0.25) is 0 Å². The Morgan fingerprint density at radius 1 is 0.551 bits per heavy atom. The molecule has 9 rings (SSSR count). The predicted octanol–water partition coefficient (Wildman–Crippen LogP) is 11.1. The molecule has 0 atom stereocenters. The molecule has 0 unspecified atom stereocenters. The lowest BCUT2D eigenvalue weighted by Gasteiger charge is -2.24. The Kier molecular flexibility index (Phi) is 6.60. The van der Waals surface area contributed by atoms with E-state index >= 15 is 0 Å². The number of benzene rings is 6. The van der Waals surface area contributed by atoms with Crippen molar-refractivity contribution in [2.24, 2.45) is 0 Å². The van der Waals surface area contributed by atoms with Crippen LogP contribution in [0.25, 0.3) is 72.7 Å². The van der Waals surface area contributed by atoms with E-state index in [1.165, 1.54) is 22.3 Å². The Balaban J connectivity index is 1.32. The number of nitrogens with zero attached hydrogens (tertiary/aromatic N) is 3. The second-order valence-corrected chi connectivity index (χ2v) is 13.2. The standard InChI is InChI=1S/C45H33N3O/c1-45(2)38-21-11-9-18-35(38)36-24-25-46-42(41(36)45)32-27-30(29-14-5-3-6-15-29)26-31(28-32)34-20-13-22-39-43(34)47-44(37-19-10-12-23-40(37)49)48(39)33-16-7-4-8-17-33/h3-28,49H,1-2H3. The van der Waals surface area contributed by atoms with Gasteiger partial charge >= 0.3 is 0 Å². The quantitative estimate of drug-likeness (QED) is 0.206. The molecule has 6 aromatic carbocycles. The average Bonchev–Trinajstić information content (AvgIpc) is 3.65. The first kappa shape index (κ1) is 28.9. The van der Waals surface area contributed by atoms with Gasteiger partial charge in [0.25, 0.3) is 0 Å². The van der Waals surface area contributed by atoms with Gasteiger partial charge in [-0.2, -0.15) is 0 Å². The van der Waals surface area contributed by atoms with E-state index in [1.807, 2.05) is 42.6 Å². The molecule has 0 bridgehead atoms. The molecule has 0 saturated heterocycles. The third-order valence-corrected chi connectivity index (χ3v) is 9.94. The van der Waals surface area contributed by atoms with Gasteiger partial charge in [0.15, 0.2) is 0 Å². The minimum absolute atomic E-state index is 0.192. The molecule has 1 N–H and O–H groups in total. The third kappa shape index (κ3) is 4.60. The fourth-order valence-corrected chi connectivity index (χ4v) is 7.67. The summed E-state index contributed by atoms with van der Waals surface area (Å²) in [6.07, 6.45) is 1.95. The van der Waals surface area contributed by atoms with Gasteiger partial charge in [0.05, 0.1) is 22.3 Å². The molecule has 0 saturated carbocycles. The summed E-state index contributed by atoms with van der Waals surface area (Å²) >= 11 is 0. The van der Waals surface area contributed by atoms with E-state index in [1.54, 1.807) is 6.07 Å². The molecule has 4 heteroatoms. The Morgan fingerprint density at radius 3 is 2.00 bits per heavy atom. The van der Waals surface area contributed by atoms with Crippen LogP contribution in [0.15, 0.2) is 158 Å². The lowest BCUT2D eigenvalue weighted by molar-refractivity contribution is 0.477. The largest absolute Gasteiger partial charge is 0.507 e. The smallest absolute Gasteiger partial charge is 0.149 e. The maximum Gasteiger partial charge on any atom is 0.149 e. The minimum atomic E-state index is -0.209. The molecule has 0 fully saturated rings. The van der Waals surface area contributed by atoms with Crippen LogP contribution in [-0.2, 0) is 5.41 Å². The lowest BCUT2D eigenvalue weighted by Crippen LogP contribution is -2.16. The number of aromatic hydroxyl groups is 1. The summed E-state index contributed by atoms with van der Waals surface area (Å²) in [6, 6.07) is 52.2. The van der Waals surface area contributed by atoms with Crippen LogP contribution >= 0.6 is 0 Å². The molecule has 2 heterocycles. The topological polar surface area (TPSA) is 50.9 Å². The Labute approximate surface area is 285 Å². The minimum Gasteiger partial charge on any atom is -0.507 e. The second-order valence-electron chi connectivity index (χ2n) is 13.2. The van der Waals surface area contributed by atoms with E-state index in [9.17, 15) is 5.11 Å². The molecule has 1 aliphatic rings. The maximum absolute atomic E-state index is 11.0. The molecule has 8 aromatic rings. The van der Waals surface area contributed by atoms with Gasteiger partial charge in [0, 0.05) is 28.4 Å². The zero-order valence-electron chi connectivity index (χ0n) is 27.3. The summed E-state index contributed by atoms with van der Waals surface area (Å²) in [7, 11) is 0. The molecule has 0 spiro atoms. The monoisotopic (exact) mass is 631 g/mol. The summed E-state index contributed by atoms with van der Waals surface area (Å²) in [5.41, 5.74) is 14.7. The van der Waals surface area contributed by atoms with Crippen LogP contribution in [0.1, 0.15) is 25.0 Å². The van der Waals surface area contributed by atoms with Crippen LogP contribution in [-0.4, -0.2) is 19.6 Å². The van der Waals surface area contributed by atoms with Gasteiger partial charge in [-0.1, -0.05) is 111 Å². The van der Waals surface area contributed by atoms with E-state index in [2.05, 4.69) is 128 Å². The first-order chi connectivity index (χ1) is 24.0. The van der Waals surface area contributed by atoms with Crippen molar-refractivity contribution in [3.05, 3.63) is 169 Å². The van der Waals surface area contributed by atoms with E-state index < -0.39 is 0 Å². The molecular weight excluding hydrogens is 599 g/mol. The van der Waals surface area contributed by atoms with Crippen molar-refractivity contribution in [2.45, 2.75) is 19.3 Å². The number of rotatable bonds is 5. The van der Waals surface area contributed by atoms with E-state index in [-0.39, 0.29) is 11.2 Å². The van der Waals surface area contributed by atoms with E-state index in [0.717, 1.165) is 50.2 Å². The molecule has 0 amide bonds. The number of phenols is 1. The number of aromatic nitrogens is 3. The number of hydrogen-bond donors (Lipinski definition) is 1. The number of pyridine rings is 1. The van der Waals surface area contributed by atoms with Crippen LogP contribution in [0.5, 0.6) is 5.75 Å². The van der Waals surface area contributed by atoms with Gasteiger partial charge in [-0.25, -0.2) is 4.98 Å². The summed E-state index contributed by atoms with van der Waals surface area (Å²) < 4.78 is 2.14.